The van der Waals surface area contributed by atoms with Crippen LogP contribution in [-0.4, -0.2) is 40.8 Å². The van der Waals surface area contributed by atoms with Crippen LogP contribution in [0.5, 0.6) is 0 Å². The first-order valence-corrected chi connectivity index (χ1v) is 11.1. The molecule has 0 aliphatic heterocycles. The number of carbonyl (C=O) groups excluding carboxylic acids is 2. The van der Waals surface area contributed by atoms with E-state index in [2.05, 4.69) is 34.9 Å². The van der Waals surface area contributed by atoms with Crippen LogP contribution in [0.3, 0.4) is 0 Å². The third-order valence-electron chi connectivity index (χ3n) is 5.83. The van der Waals surface area contributed by atoms with Crippen molar-refractivity contribution in [3.8, 4) is 11.1 Å². The number of nitrogens with one attached hydrogen (secondary N) is 2. The van der Waals surface area contributed by atoms with Crippen molar-refractivity contribution in [3.63, 3.8) is 0 Å². The van der Waals surface area contributed by atoms with Gasteiger partial charge in [-0.3, -0.25) is 9.59 Å². The lowest BCUT2D eigenvalue weighted by Crippen LogP contribution is -2.47. The second-order valence-electron chi connectivity index (χ2n) is 9.84. The van der Waals surface area contributed by atoms with Crippen LogP contribution in [0.15, 0.2) is 48.5 Å². The number of hydrogen-bond acceptors (Lipinski definition) is 4. The Morgan fingerprint density at radius 2 is 1.42 bits per heavy atom. The monoisotopic (exact) mass is 452 g/mol. The Bertz CT molecular complexity index is 999. The molecule has 3 N–H and O–H groups in total. The standard InChI is InChI=1S/C26H32N2O5/c1-25(2,14-13-22(29)27-26(3,4)15-23(30)31)28-24(32)33-16-21-19-11-7-5-9-17(19)18-10-6-8-12-20(18)21/h5-12,21H,13-16H2,1-4H3,(H,27,29)(H,28,32)(H,30,31). The van der Waals surface area contributed by atoms with Crippen molar-refractivity contribution < 1.29 is 24.2 Å². The highest BCUT2D eigenvalue weighted by Crippen LogP contribution is 2.44. The number of rotatable bonds is 9. The number of carboxylic acid groups (broad SMARTS) is 1. The molecule has 0 aromatic heterocycles. The van der Waals surface area contributed by atoms with Crippen molar-refractivity contribution >= 4 is 18.0 Å². The SMILES string of the molecule is CC(C)(CC(=O)O)NC(=O)CCC(C)(C)NC(=O)OCC1c2ccccc2-c2ccccc21. The zero-order chi connectivity index (χ0) is 24.2. The molecular weight excluding hydrogens is 420 g/mol. The van der Waals surface area contributed by atoms with Crippen molar-refractivity contribution in [1.29, 1.82) is 0 Å². The fourth-order valence-electron chi connectivity index (χ4n) is 4.26. The number of benzene rings is 2. The van der Waals surface area contributed by atoms with Gasteiger partial charge in [0.05, 0.1) is 6.42 Å². The number of carboxylic acids is 1. The fraction of sp³-hybridized carbons (Fsp3) is 0.423. The van der Waals surface area contributed by atoms with Gasteiger partial charge in [0.1, 0.15) is 6.61 Å². The Labute approximate surface area is 194 Å². The van der Waals surface area contributed by atoms with Crippen LogP contribution in [0.25, 0.3) is 11.1 Å². The summed E-state index contributed by atoms with van der Waals surface area (Å²) in [6.45, 7) is 7.20. The van der Waals surface area contributed by atoms with Crippen LogP contribution < -0.4 is 10.6 Å². The van der Waals surface area contributed by atoms with Crippen LogP contribution >= 0.6 is 0 Å². The normalized spacial score (nSPS) is 13.1. The molecule has 0 spiro atoms. The van der Waals surface area contributed by atoms with Crippen molar-refractivity contribution in [2.75, 3.05) is 6.61 Å². The number of fused-ring (bicyclic) bond motifs is 3. The number of aliphatic carboxylic acids is 1. The molecule has 176 valence electrons. The summed E-state index contributed by atoms with van der Waals surface area (Å²) < 4.78 is 5.59. The predicted octanol–water partition coefficient (Wildman–Crippen LogP) is 4.45. The van der Waals surface area contributed by atoms with E-state index >= 15 is 0 Å². The third kappa shape index (κ3) is 6.34. The molecule has 33 heavy (non-hydrogen) atoms. The van der Waals surface area contributed by atoms with Gasteiger partial charge in [-0.1, -0.05) is 48.5 Å². The average molecular weight is 453 g/mol. The zero-order valence-corrected chi connectivity index (χ0v) is 19.6. The Morgan fingerprint density at radius 1 is 0.879 bits per heavy atom. The Hall–Kier alpha value is -3.35. The number of alkyl carbamates (subject to hydrolysis) is 1. The number of amides is 2. The number of ether oxygens (including phenoxy) is 1. The van der Waals surface area contributed by atoms with Gasteiger partial charge in [-0.2, -0.15) is 0 Å². The highest BCUT2D eigenvalue weighted by molar-refractivity contribution is 5.79. The second kappa shape index (κ2) is 9.65. The summed E-state index contributed by atoms with van der Waals surface area (Å²) in [6, 6.07) is 16.3. The molecule has 0 unspecified atom stereocenters. The average Bonchev–Trinajstić information content (AvgIpc) is 3.03. The Balaban J connectivity index is 1.52. The molecule has 0 radical (unpaired) electrons. The van der Waals surface area contributed by atoms with Crippen LogP contribution in [0.4, 0.5) is 4.79 Å². The third-order valence-corrected chi connectivity index (χ3v) is 5.83. The van der Waals surface area contributed by atoms with Crippen molar-refractivity contribution in [1.82, 2.24) is 10.6 Å². The molecule has 2 aromatic rings. The molecule has 0 heterocycles. The Morgan fingerprint density at radius 3 is 1.97 bits per heavy atom. The van der Waals surface area contributed by atoms with Gasteiger partial charge in [-0.25, -0.2) is 4.79 Å². The summed E-state index contributed by atoms with van der Waals surface area (Å²) in [5.74, 6) is -1.25. The number of hydrogen-bond donors (Lipinski definition) is 3. The van der Waals surface area contributed by atoms with Gasteiger partial charge < -0.3 is 20.5 Å². The molecule has 0 atom stereocenters. The van der Waals surface area contributed by atoms with E-state index in [-0.39, 0.29) is 31.3 Å². The lowest BCUT2D eigenvalue weighted by molar-refractivity contribution is -0.138. The minimum atomic E-state index is -0.974. The minimum absolute atomic E-state index is 0.0199. The molecule has 1 aliphatic carbocycles. The van der Waals surface area contributed by atoms with Gasteiger partial charge in [-0.05, 0) is 56.4 Å². The van der Waals surface area contributed by atoms with E-state index in [1.807, 2.05) is 38.1 Å². The van der Waals surface area contributed by atoms with Gasteiger partial charge >= 0.3 is 12.1 Å². The van der Waals surface area contributed by atoms with Gasteiger partial charge in [0.25, 0.3) is 0 Å². The zero-order valence-electron chi connectivity index (χ0n) is 19.6. The molecule has 0 fully saturated rings. The molecule has 0 bridgehead atoms. The molecule has 7 heteroatoms. The maximum absolute atomic E-state index is 12.5. The highest BCUT2D eigenvalue weighted by atomic mass is 16.5. The van der Waals surface area contributed by atoms with Gasteiger partial charge in [0.15, 0.2) is 0 Å². The molecule has 0 saturated heterocycles. The fourth-order valence-corrected chi connectivity index (χ4v) is 4.26. The molecule has 7 nitrogen and oxygen atoms in total. The van der Waals surface area contributed by atoms with Crippen molar-refractivity contribution in [3.05, 3.63) is 59.7 Å². The molecule has 3 rings (SSSR count). The van der Waals surface area contributed by atoms with Gasteiger partial charge in [0, 0.05) is 23.4 Å². The van der Waals surface area contributed by atoms with E-state index in [0.717, 1.165) is 11.1 Å². The summed E-state index contributed by atoms with van der Waals surface area (Å²) in [4.78, 5) is 35.7. The van der Waals surface area contributed by atoms with Crippen LogP contribution in [-0.2, 0) is 14.3 Å². The first-order valence-electron chi connectivity index (χ1n) is 11.1. The summed E-state index contributed by atoms with van der Waals surface area (Å²) in [7, 11) is 0. The van der Waals surface area contributed by atoms with E-state index in [0.29, 0.717) is 6.42 Å². The molecule has 2 aromatic carbocycles. The highest BCUT2D eigenvalue weighted by Gasteiger charge is 2.30. The second-order valence-corrected chi connectivity index (χ2v) is 9.84. The quantitative estimate of drug-likeness (QED) is 0.521. The van der Waals surface area contributed by atoms with Crippen LogP contribution in [0.2, 0.25) is 0 Å². The number of carbonyl (C=O) groups is 3. The lowest BCUT2D eigenvalue weighted by atomic mass is 9.96. The topological polar surface area (TPSA) is 105 Å². The summed E-state index contributed by atoms with van der Waals surface area (Å²) in [6.07, 6.45) is -0.167. The summed E-state index contributed by atoms with van der Waals surface area (Å²) >= 11 is 0. The Kier molecular flexibility index (Phi) is 7.10. The first-order chi connectivity index (χ1) is 15.5. The summed E-state index contributed by atoms with van der Waals surface area (Å²) in [5, 5.41) is 14.5. The predicted molar refractivity (Wildman–Crippen MR) is 126 cm³/mol. The van der Waals surface area contributed by atoms with Crippen LogP contribution in [0, 0.1) is 0 Å². The smallest absolute Gasteiger partial charge is 0.407 e. The molecule has 2 amide bonds. The first kappa shape index (κ1) is 24.3. The van der Waals surface area contributed by atoms with E-state index < -0.39 is 23.1 Å². The maximum Gasteiger partial charge on any atom is 0.407 e. The van der Waals surface area contributed by atoms with Crippen LogP contribution in [0.1, 0.15) is 64.0 Å². The summed E-state index contributed by atoms with van der Waals surface area (Å²) in [5.41, 5.74) is 3.11. The van der Waals surface area contributed by atoms with E-state index in [9.17, 15) is 14.4 Å². The maximum atomic E-state index is 12.5. The van der Waals surface area contributed by atoms with E-state index in [1.165, 1.54) is 11.1 Å². The van der Waals surface area contributed by atoms with E-state index in [4.69, 9.17) is 9.84 Å². The lowest BCUT2D eigenvalue weighted by Gasteiger charge is -2.28. The van der Waals surface area contributed by atoms with Crippen molar-refractivity contribution in [2.24, 2.45) is 0 Å². The molecule has 0 saturated carbocycles. The molecule has 1 aliphatic rings. The van der Waals surface area contributed by atoms with Gasteiger partial charge in [0.2, 0.25) is 5.91 Å². The van der Waals surface area contributed by atoms with Gasteiger partial charge in [-0.15, -0.1) is 0 Å². The molecular formula is C26H32N2O5. The largest absolute Gasteiger partial charge is 0.481 e. The minimum Gasteiger partial charge on any atom is -0.481 e. The van der Waals surface area contributed by atoms with E-state index in [1.54, 1.807) is 13.8 Å². The van der Waals surface area contributed by atoms with Crippen molar-refractivity contribution in [2.45, 2.75) is 64.0 Å².